The van der Waals surface area contributed by atoms with E-state index in [2.05, 4.69) is 44.8 Å². The maximum absolute atomic E-state index is 4.36. The van der Waals surface area contributed by atoms with Crippen molar-refractivity contribution < 1.29 is 0 Å². The lowest BCUT2D eigenvalue weighted by Gasteiger charge is -2.22. The van der Waals surface area contributed by atoms with Crippen molar-refractivity contribution in [1.82, 2.24) is 4.98 Å². The molecule has 1 heterocycles. The van der Waals surface area contributed by atoms with Crippen LogP contribution in [0.4, 0.5) is 0 Å². The Morgan fingerprint density at radius 1 is 1.31 bits per heavy atom. The lowest BCUT2D eigenvalue weighted by atomic mass is 9.84. The van der Waals surface area contributed by atoms with Gasteiger partial charge in [0, 0.05) is 11.9 Å². The predicted molar refractivity (Wildman–Crippen MR) is 56.7 cm³/mol. The summed E-state index contributed by atoms with van der Waals surface area (Å²) in [6, 6.07) is 6.13. The molecule has 1 aromatic rings. The topological polar surface area (TPSA) is 12.9 Å². The highest BCUT2D eigenvalue weighted by Crippen LogP contribution is 2.29. The van der Waals surface area contributed by atoms with Crippen LogP contribution in [-0.4, -0.2) is 4.98 Å². The molecular formula is C12H19N. The Balaban J connectivity index is 2.64. The molecule has 13 heavy (non-hydrogen) atoms. The molecule has 0 N–H and O–H groups in total. The van der Waals surface area contributed by atoms with E-state index in [-0.39, 0.29) is 0 Å². The van der Waals surface area contributed by atoms with Gasteiger partial charge in [-0.15, -0.1) is 0 Å². The third-order valence-electron chi connectivity index (χ3n) is 2.11. The Kier molecular flexibility index (Phi) is 3.07. The van der Waals surface area contributed by atoms with Gasteiger partial charge in [0.15, 0.2) is 0 Å². The van der Waals surface area contributed by atoms with E-state index in [4.69, 9.17) is 0 Å². The van der Waals surface area contributed by atoms with Crippen LogP contribution in [0.15, 0.2) is 24.4 Å². The zero-order chi connectivity index (χ0) is 9.90. The standard InChI is InChI=1S/C12H19N/c1-10(9-12(2,3)4)11-7-5-6-8-13-11/h5-8,10H,9H2,1-4H3. The van der Waals surface area contributed by atoms with E-state index in [9.17, 15) is 0 Å². The first kappa shape index (κ1) is 10.2. The molecule has 1 aromatic heterocycles. The minimum absolute atomic E-state index is 0.386. The summed E-state index contributed by atoms with van der Waals surface area (Å²) in [6.07, 6.45) is 3.05. The Bertz CT molecular complexity index is 246. The van der Waals surface area contributed by atoms with Gasteiger partial charge in [0.25, 0.3) is 0 Å². The molecule has 1 rings (SSSR count). The van der Waals surface area contributed by atoms with E-state index in [1.807, 2.05) is 12.3 Å². The summed E-state index contributed by atoms with van der Waals surface area (Å²) < 4.78 is 0. The van der Waals surface area contributed by atoms with Gasteiger partial charge >= 0.3 is 0 Å². The molecule has 0 saturated heterocycles. The number of aromatic nitrogens is 1. The van der Waals surface area contributed by atoms with Crippen LogP contribution in [0.2, 0.25) is 0 Å². The summed E-state index contributed by atoms with van der Waals surface area (Å²) >= 11 is 0. The molecular weight excluding hydrogens is 158 g/mol. The van der Waals surface area contributed by atoms with Gasteiger partial charge in [-0.05, 0) is 29.9 Å². The lowest BCUT2D eigenvalue weighted by Crippen LogP contribution is -2.10. The van der Waals surface area contributed by atoms with Crippen LogP contribution in [0, 0.1) is 5.41 Å². The van der Waals surface area contributed by atoms with Gasteiger partial charge in [-0.25, -0.2) is 0 Å². The van der Waals surface area contributed by atoms with Gasteiger partial charge in [-0.1, -0.05) is 33.8 Å². The van der Waals surface area contributed by atoms with Crippen LogP contribution in [0.25, 0.3) is 0 Å². The maximum Gasteiger partial charge on any atom is 0.0431 e. The third kappa shape index (κ3) is 3.58. The average molecular weight is 177 g/mol. The van der Waals surface area contributed by atoms with Crippen molar-refractivity contribution in [2.45, 2.75) is 40.0 Å². The highest BCUT2D eigenvalue weighted by Gasteiger charge is 2.16. The monoisotopic (exact) mass is 177 g/mol. The number of hydrogen-bond donors (Lipinski definition) is 0. The number of pyridine rings is 1. The molecule has 1 unspecified atom stereocenters. The molecule has 1 atom stereocenters. The first-order chi connectivity index (χ1) is 5.99. The minimum Gasteiger partial charge on any atom is -0.261 e. The zero-order valence-corrected chi connectivity index (χ0v) is 9.04. The quantitative estimate of drug-likeness (QED) is 0.672. The molecule has 72 valence electrons. The van der Waals surface area contributed by atoms with Crippen molar-refractivity contribution >= 4 is 0 Å². The Hall–Kier alpha value is -0.850. The van der Waals surface area contributed by atoms with Crippen molar-refractivity contribution in [2.24, 2.45) is 5.41 Å². The fraction of sp³-hybridized carbons (Fsp3) is 0.583. The number of rotatable bonds is 2. The van der Waals surface area contributed by atoms with Gasteiger partial charge in [0.05, 0.1) is 0 Å². The summed E-state index contributed by atoms with van der Waals surface area (Å²) in [5, 5.41) is 0. The summed E-state index contributed by atoms with van der Waals surface area (Å²) in [6.45, 7) is 9.05. The van der Waals surface area contributed by atoms with Crippen LogP contribution < -0.4 is 0 Å². The molecule has 0 radical (unpaired) electrons. The third-order valence-corrected chi connectivity index (χ3v) is 2.11. The van der Waals surface area contributed by atoms with Crippen molar-refractivity contribution in [3.63, 3.8) is 0 Å². The van der Waals surface area contributed by atoms with Crippen molar-refractivity contribution in [3.8, 4) is 0 Å². The SMILES string of the molecule is CC(CC(C)(C)C)c1ccccn1. The van der Waals surface area contributed by atoms with Crippen LogP contribution >= 0.6 is 0 Å². The number of hydrogen-bond acceptors (Lipinski definition) is 1. The van der Waals surface area contributed by atoms with E-state index in [1.165, 1.54) is 12.1 Å². The second-order valence-electron chi connectivity index (χ2n) is 4.92. The first-order valence-electron chi connectivity index (χ1n) is 4.90. The molecule has 0 bridgehead atoms. The fourth-order valence-electron chi connectivity index (χ4n) is 1.69. The highest BCUT2D eigenvalue weighted by atomic mass is 14.7. The molecule has 0 aromatic carbocycles. The number of nitrogens with zero attached hydrogens (tertiary/aromatic N) is 1. The summed E-state index contributed by atoms with van der Waals surface area (Å²) in [5.41, 5.74) is 1.59. The molecule has 0 aliphatic carbocycles. The molecule has 0 aliphatic heterocycles. The van der Waals surface area contributed by atoms with E-state index in [1.54, 1.807) is 0 Å². The normalized spacial score (nSPS) is 14.2. The van der Waals surface area contributed by atoms with E-state index < -0.39 is 0 Å². The van der Waals surface area contributed by atoms with Gasteiger partial charge < -0.3 is 0 Å². The molecule has 0 saturated carbocycles. The van der Waals surface area contributed by atoms with E-state index in [0.29, 0.717) is 11.3 Å². The first-order valence-corrected chi connectivity index (χ1v) is 4.90. The largest absolute Gasteiger partial charge is 0.261 e. The molecule has 0 spiro atoms. The Morgan fingerprint density at radius 3 is 2.46 bits per heavy atom. The van der Waals surface area contributed by atoms with Gasteiger partial charge in [0.2, 0.25) is 0 Å². The minimum atomic E-state index is 0.386. The molecule has 0 aliphatic rings. The van der Waals surface area contributed by atoms with Crippen molar-refractivity contribution in [1.29, 1.82) is 0 Å². The molecule has 0 fully saturated rings. The smallest absolute Gasteiger partial charge is 0.0431 e. The van der Waals surface area contributed by atoms with E-state index in [0.717, 1.165) is 0 Å². The lowest BCUT2D eigenvalue weighted by molar-refractivity contribution is 0.346. The zero-order valence-electron chi connectivity index (χ0n) is 9.04. The van der Waals surface area contributed by atoms with Gasteiger partial charge in [-0.2, -0.15) is 0 Å². The van der Waals surface area contributed by atoms with Crippen LogP contribution in [0.5, 0.6) is 0 Å². The summed E-state index contributed by atoms with van der Waals surface area (Å²) in [4.78, 5) is 4.36. The van der Waals surface area contributed by atoms with Crippen molar-refractivity contribution in [3.05, 3.63) is 30.1 Å². The predicted octanol–water partition coefficient (Wildman–Crippen LogP) is 3.62. The Labute approximate surface area is 81.2 Å². The molecule has 0 amide bonds. The van der Waals surface area contributed by atoms with Gasteiger partial charge in [0.1, 0.15) is 0 Å². The molecule has 1 nitrogen and oxygen atoms in total. The van der Waals surface area contributed by atoms with Gasteiger partial charge in [-0.3, -0.25) is 4.98 Å². The maximum atomic E-state index is 4.36. The highest BCUT2D eigenvalue weighted by molar-refractivity contribution is 5.08. The van der Waals surface area contributed by atoms with Crippen LogP contribution in [0.1, 0.15) is 45.7 Å². The average Bonchev–Trinajstić information content (AvgIpc) is 2.03. The fourth-order valence-corrected chi connectivity index (χ4v) is 1.69. The summed E-state index contributed by atoms with van der Waals surface area (Å²) in [7, 11) is 0. The summed E-state index contributed by atoms with van der Waals surface area (Å²) in [5.74, 6) is 0.557. The van der Waals surface area contributed by atoms with Crippen LogP contribution in [-0.2, 0) is 0 Å². The molecule has 1 heteroatoms. The second kappa shape index (κ2) is 3.91. The Morgan fingerprint density at radius 2 is 2.00 bits per heavy atom. The second-order valence-corrected chi connectivity index (χ2v) is 4.92. The van der Waals surface area contributed by atoms with Crippen LogP contribution in [0.3, 0.4) is 0 Å². The van der Waals surface area contributed by atoms with E-state index >= 15 is 0 Å². The van der Waals surface area contributed by atoms with Crippen molar-refractivity contribution in [2.75, 3.05) is 0 Å².